The van der Waals surface area contributed by atoms with E-state index < -0.39 is 8.24 Å². The van der Waals surface area contributed by atoms with Gasteiger partial charge in [-0.05, 0) is 38.0 Å². The van der Waals surface area contributed by atoms with Crippen molar-refractivity contribution in [3.8, 4) is 6.07 Å². The quantitative estimate of drug-likeness (QED) is 0.693. The lowest BCUT2D eigenvalue weighted by Gasteiger charge is -2.46. The normalized spacial score (nSPS) is 20.6. The second-order valence-corrected chi connectivity index (χ2v) is 10.9. The highest BCUT2D eigenvalue weighted by Gasteiger charge is 2.36. The molecule has 1 saturated heterocycles. The van der Waals surface area contributed by atoms with Crippen molar-refractivity contribution in [2.75, 3.05) is 26.3 Å². The van der Waals surface area contributed by atoms with Crippen molar-refractivity contribution in [2.45, 2.75) is 52.2 Å². The van der Waals surface area contributed by atoms with Crippen LogP contribution in [0.15, 0.2) is 0 Å². The SMILES string of the molecule is CC[Si](CC)(CC)N1CCCN(CC(C)C#N)C1. The van der Waals surface area contributed by atoms with Crippen LogP contribution in [0.4, 0.5) is 0 Å². The summed E-state index contributed by atoms with van der Waals surface area (Å²) in [6, 6.07) is 6.45. The molecule has 0 aromatic heterocycles. The molecule has 0 radical (unpaired) electrons. The predicted molar refractivity (Wildman–Crippen MR) is 79.7 cm³/mol. The van der Waals surface area contributed by atoms with Gasteiger partial charge < -0.3 is 4.57 Å². The molecule has 1 rings (SSSR count). The minimum atomic E-state index is -1.21. The summed E-state index contributed by atoms with van der Waals surface area (Å²) in [5.41, 5.74) is 0. The fourth-order valence-corrected chi connectivity index (χ4v) is 7.23. The highest BCUT2D eigenvalue weighted by atomic mass is 28.3. The molecule has 0 N–H and O–H groups in total. The largest absolute Gasteiger partial charge is 0.311 e. The third kappa shape index (κ3) is 3.56. The first-order valence-electron chi connectivity index (χ1n) is 7.48. The Morgan fingerprint density at radius 1 is 1.17 bits per heavy atom. The van der Waals surface area contributed by atoms with Gasteiger partial charge in [0.15, 0.2) is 0 Å². The zero-order valence-electron chi connectivity index (χ0n) is 12.6. The molecule has 0 aromatic carbocycles. The minimum absolute atomic E-state index is 0.158. The molecule has 3 nitrogen and oxygen atoms in total. The molecular weight excluding hydrogens is 238 g/mol. The molecule has 4 heteroatoms. The molecule has 1 atom stereocenters. The van der Waals surface area contributed by atoms with Gasteiger partial charge in [-0.1, -0.05) is 20.8 Å². The molecule has 1 unspecified atom stereocenters. The second-order valence-electron chi connectivity index (χ2n) is 5.65. The Morgan fingerprint density at radius 2 is 1.78 bits per heavy atom. The molecular formula is C14H29N3Si. The van der Waals surface area contributed by atoms with Crippen LogP contribution in [0.3, 0.4) is 0 Å². The van der Waals surface area contributed by atoms with E-state index in [0.29, 0.717) is 0 Å². The van der Waals surface area contributed by atoms with Gasteiger partial charge in [0.05, 0.1) is 12.0 Å². The van der Waals surface area contributed by atoms with Crippen LogP contribution in [0.2, 0.25) is 18.1 Å². The van der Waals surface area contributed by atoms with Crippen molar-refractivity contribution in [1.82, 2.24) is 9.47 Å². The van der Waals surface area contributed by atoms with Gasteiger partial charge >= 0.3 is 0 Å². The molecule has 1 aliphatic rings. The van der Waals surface area contributed by atoms with Crippen LogP contribution in [0.5, 0.6) is 0 Å². The van der Waals surface area contributed by atoms with Crippen molar-refractivity contribution in [3.05, 3.63) is 0 Å². The van der Waals surface area contributed by atoms with Crippen molar-refractivity contribution < 1.29 is 0 Å². The number of hydrogen-bond acceptors (Lipinski definition) is 3. The smallest absolute Gasteiger partial charge is 0.128 e. The van der Waals surface area contributed by atoms with E-state index in [1.807, 2.05) is 6.92 Å². The second kappa shape index (κ2) is 7.27. The summed E-state index contributed by atoms with van der Waals surface area (Å²) in [5, 5.41) is 8.95. The summed E-state index contributed by atoms with van der Waals surface area (Å²) < 4.78 is 2.79. The summed E-state index contributed by atoms with van der Waals surface area (Å²) in [4.78, 5) is 2.49. The van der Waals surface area contributed by atoms with Crippen molar-refractivity contribution in [3.63, 3.8) is 0 Å². The first-order chi connectivity index (χ1) is 8.61. The van der Waals surface area contributed by atoms with Gasteiger partial charge in [-0.25, -0.2) is 0 Å². The Hall–Kier alpha value is -0.373. The van der Waals surface area contributed by atoms with Gasteiger partial charge in [0.25, 0.3) is 0 Å². The highest BCUT2D eigenvalue weighted by Crippen LogP contribution is 2.27. The van der Waals surface area contributed by atoms with E-state index in [0.717, 1.165) is 13.2 Å². The van der Waals surface area contributed by atoms with Gasteiger partial charge in [-0.2, -0.15) is 5.26 Å². The zero-order valence-corrected chi connectivity index (χ0v) is 13.6. The van der Waals surface area contributed by atoms with Crippen molar-refractivity contribution >= 4 is 8.24 Å². The van der Waals surface area contributed by atoms with Crippen LogP contribution in [0.25, 0.3) is 0 Å². The summed E-state index contributed by atoms with van der Waals surface area (Å²) in [5.74, 6) is 0.158. The van der Waals surface area contributed by atoms with Crippen molar-refractivity contribution in [2.24, 2.45) is 5.92 Å². The lowest BCUT2D eigenvalue weighted by atomic mass is 10.2. The minimum Gasteiger partial charge on any atom is -0.311 e. The number of nitrogens with zero attached hydrogens (tertiary/aromatic N) is 3. The van der Waals surface area contributed by atoms with E-state index >= 15 is 0 Å². The van der Waals surface area contributed by atoms with Crippen LogP contribution >= 0.6 is 0 Å². The lowest BCUT2D eigenvalue weighted by Crippen LogP contribution is -2.59. The average Bonchev–Trinajstić information content (AvgIpc) is 2.42. The first-order valence-corrected chi connectivity index (χ1v) is 10.1. The molecule has 0 bridgehead atoms. The summed E-state index contributed by atoms with van der Waals surface area (Å²) in [7, 11) is -1.21. The van der Waals surface area contributed by atoms with Gasteiger partial charge in [-0.15, -0.1) is 0 Å². The molecule has 0 aliphatic carbocycles. The van der Waals surface area contributed by atoms with Gasteiger partial charge in [0.2, 0.25) is 0 Å². The molecule has 0 aromatic rings. The Morgan fingerprint density at radius 3 is 2.28 bits per heavy atom. The molecule has 18 heavy (non-hydrogen) atoms. The van der Waals surface area contributed by atoms with E-state index in [1.54, 1.807) is 0 Å². The average molecular weight is 267 g/mol. The highest BCUT2D eigenvalue weighted by molar-refractivity contribution is 6.77. The molecule has 1 heterocycles. The standard InChI is InChI=1S/C14H29N3Si/c1-5-18(6-2,7-3)17-10-8-9-16(13-17)12-14(4)11-15/h14H,5-10,12-13H2,1-4H3. The lowest BCUT2D eigenvalue weighted by molar-refractivity contribution is 0.130. The van der Waals surface area contributed by atoms with E-state index in [4.69, 9.17) is 5.26 Å². The Labute approximate surface area is 114 Å². The van der Waals surface area contributed by atoms with Crippen LogP contribution in [0.1, 0.15) is 34.1 Å². The maximum atomic E-state index is 8.95. The van der Waals surface area contributed by atoms with Gasteiger partial charge in [-0.3, -0.25) is 4.90 Å². The molecule has 0 spiro atoms. The topological polar surface area (TPSA) is 30.3 Å². The molecule has 1 fully saturated rings. The molecule has 1 aliphatic heterocycles. The summed E-state index contributed by atoms with van der Waals surface area (Å²) in [6.45, 7) is 13.6. The Balaban J connectivity index is 2.65. The maximum Gasteiger partial charge on any atom is 0.128 e. The maximum absolute atomic E-state index is 8.95. The fraction of sp³-hybridized carbons (Fsp3) is 0.929. The monoisotopic (exact) mass is 267 g/mol. The van der Waals surface area contributed by atoms with Gasteiger partial charge in [0.1, 0.15) is 8.24 Å². The predicted octanol–water partition coefficient (Wildman–Crippen LogP) is 3.12. The van der Waals surface area contributed by atoms with Crippen LogP contribution in [-0.4, -0.2) is 44.0 Å². The van der Waals surface area contributed by atoms with Crippen molar-refractivity contribution in [1.29, 1.82) is 5.26 Å². The molecule has 0 saturated carbocycles. The number of rotatable bonds is 6. The summed E-state index contributed by atoms with van der Waals surface area (Å²) in [6.07, 6.45) is 1.27. The third-order valence-electron chi connectivity index (χ3n) is 4.67. The third-order valence-corrected chi connectivity index (χ3v) is 10.3. The Bertz CT molecular complexity index is 275. The zero-order chi connectivity index (χ0) is 13.6. The van der Waals surface area contributed by atoms with Gasteiger partial charge in [0, 0.05) is 19.8 Å². The number of hydrogen-bond donors (Lipinski definition) is 0. The number of nitriles is 1. The van der Waals surface area contributed by atoms with E-state index in [-0.39, 0.29) is 5.92 Å². The summed E-state index contributed by atoms with van der Waals surface area (Å²) >= 11 is 0. The van der Waals surface area contributed by atoms with Crippen LogP contribution < -0.4 is 0 Å². The van der Waals surface area contributed by atoms with E-state index in [1.165, 1.54) is 37.6 Å². The fourth-order valence-electron chi connectivity index (χ4n) is 3.25. The van der Waals surface area contributed by atoms with Crippen LogP contribution in [-0.2, 0) is 0 Å². The first kappa shape index (κ1) is 15.7. The van der Waals surface area contributed by atoms with E-state index in [9.17, 15) is 0 Å². The Kier molecular flexibility index (Phi) is 6.34. The molecule has 0 amide bonds. The van der Waals surface area contributed by atoms with Crippen LogP contribution in [0, 0.1) is 17.2 Å². The molecule has 104 valence electrons. The van der Waals surface area contributed by atoms with E-state index in [2.05, 4.69) is 36.3 Å².